The van der Waals surface area contributed by atoms with Crippen LogP contribution in [-0.2, 0) is 4.74 Å². The highest BCUT2D eigenvalue weighted by Gasteiger charge is 2.22. The Morgan fingerprint density at radius 3 is 2.64 bits per heavy atom. The number of nitrogens with zero attached hydrogens (tertiary/aromatic N) is 5. The number of aryl methyl sites for hydroxylation is 1. The second-order valence-corrected chi connectivity index (χ2v) is 7.17. The average Bonchev–Trinajstić information content (AvgIpc) is 3.26. The predicted molar refractivity (Wildman–Crippen MR) is 107 cm³/mol. The molecule has 2 aromatic rings. The van der Waals surface area contributed by atoms with Crippen LogP contribution in [0.5, 0.6) is 0 Å². The quantitative estimate of drug-likeness (QED) is 0.837. The van der Waals surface area contributed by atoms with Crippen LogP contribution >= 0.6 is 0 Å². The van der Waals surface area contributed by atoms with Crippen molar-refractivity contribution in [1.29, 1.82) is 0 Å². The molecule has 2 aliphatic heterocycles. The van der Waals surface area contributed by atoms with E-state index < -0.39 is 0 Å². The van der Waals surface area contributed by atoms with Gasteiger partial charge < -0.3 is 19.9 Å². The third-order valence-electron chi connectivity index (χ3n) is 5.15. The fraction of sp³-hybridized carbons (Fsp3) is 0.500. The zero-order chi connectivity index (χ0) is 19.3. The van der Waals surface area contributed by atoms with Crippen LogP contribution in [0.2, 0.25) is 0 Å². The number of hydrogen-bond donors (Lipinski definition) is 1. The van der Waals surface area contributed by atoms with Crippen molar-refractivity contribution in [1.82, 2.24) is 20.3 Å². The average molecular weight is 382 g/mol. The van der Waals surface area contributed by atoms with E-state index in [1.807, 2.05) is 31.3 Å². The number of piperazine rings is 1. The number of rotatable bonds is 5. The monoisotopic (exact) mass is 382 g/mol. The molecular weight excluding hydrogens is 356 g/mol. The van der Waals surface area contributed by atoms with E-state index >= 15 is 0 Å². The van der Waals surface area contributed by atoms with Gasteiger partial charge in [0.1, 0.15) is 23.2 Å². The topological polar surface area (TPSA) is 83.5 Å². The number of hydrogen-bond acceptors (Lipinski definition) is 7. The minimum absolute atomic E-state index is 0.117. The van der Waals surface area contributed by atoms with Crippen molar-refractivity contribution in [3.8, 4) is 0 Å². The smallest absolute Gasteiger partial charge is 0.270 e. The molecule has 0 aliphatic carbocycles. The molecule has 28 heavy (non-hydrogen) atoms. The van der Waals surface area contributed by atoms with Gasteiger partial charge in [-0.1, -0.05) is 6.07 Å². The van der Waals surface area contributed by atoms with Gasteiger partial charge in [0.15, 0.2) is 0 Å². The largest absolute Gasteiger partial charge is 0.376 e. The van der Waals surface area contributed by atoms with Crippen LogP contribution in [0.4, 0.5) is 11.6 Å². The van der Waals surface area contributed by atoms with E-state index in [1.165, 1.54) is 0 Å². The normalized spacial score (nSPS) is 19.7. The maximum absolute atomic E-state index is 12.5. The standard InChI is InChI=1S/C20H26N6O2/c1-15-23-17(20(27)22-14-16-5-4-12-28-16)13-19(24-15)26-10-8-25(9-11-26)18-6-2-3-7-21-18/h2-3,6-7,13,16H,4-5,8-12,14H2,1H3,(H,22,27). The summed E-state index contributed by atoms with van der Waals surface area (Å²) in [5, 5.41) is 2.94. The van der Waals surface area contributed by atoms with E-state index in [4.69, 9.17) is 4.74 Å². The van der Waals surface area contributed by atoms with Gasteiger partial charge in [-0.25, -0.2) is 15.0 Å². The Bertz CT molecular complexity index is 802. The molecule has 0 spiro atoms. The van der Waals surface area contributed by atoms with Gasteiger partial charge in [-0.05, 0) is 31.9 Å². The Morgan fingerprint density at radius 2 is 1.96 bits per heavy atom. The van der Waals surface area contributed by atoms with Crippen molar-refractivity contribution in [2.45, 2.75) is 25.9 Å². The third-order valence-corrected chi connectivity index (χ3v) is 5.15. The van der Waals surface area contributed by atoms with Gasteiger partial charge in [0.2, 0.25) is 0 Å². The number of aromatic nitrogens is 3. The highest BCUT2D eigenvalue weighted by atomic mass is 16.5. The summed E-state index contributed by atoms with van der Waals surface area (Å²) in [7, 11) is 0. The summed E-state index contributed by atoms with van der Waals surface area (Å²) >= 11 is 0. The summed E-state index contributed by atoms with van der Waals surface area (Å²) in [6, 6.07) is 7.74. The fourth-order valence-electron chi connectivity index (χ4n) is 3.64. The number of carbonyl (C=O) groups is 1. The lowest BCUT2D eigenvalue weighted by Gasteiger charge is -2.36. The molecule has 4 heterocycles. The number of pyridine rings is 1. The molecule has 1 amide bonds. The first-order valence-corrected chi connectivity index (χ1v) is 9.85. The van der Waals surface area contributed by atoms with Gasteiger partial charge in [0.05, 0.1) is 6.10 Å². The molecule has 8 heteroatoms. The SMILES string of the molecule is Cc1nc(C(=O)NCC2CCCO2)cc(N2CCN(c3ccccn3)CC2)n1. The molecule has 2 fully saturated rings. The second-order valence-electron chi connectivity index (χ2n) is 7.17. The molecular formula is C20H26N6O2. The molecule has 2 aliphatic rings. The van der Waals surface area contributed by atoms with Crippen molar-refractivity contribution in [3.63, 3.8) is 0 Å². The summed E-state index contributed by atoms with van der Waals surface area (Å²) in [5.74, 6) is 2.23. The van der Waals surface area contributed by atoms with Crippen LogP contribution in [0.1, 0.15) is 29.2 Å². The number of carbonyl (C=O) groups excluding carboxylic acids is 1. The van der Waals surface area contributed by atoms with E-state index in [9.17, 15) is 4.79 Å². The zero-order valence-electron chi connectivity index (χ0n) is 16.2. The van der Waals surface area contributed by atoms with Crippen molar-refractivity contribution >= 4 is 17.5 Å². The lowest BCUT2D eigenvalue weighted by atomic mass is 10.2. The van der Waals surface area contributed by atoms with Gasteiger partial charge in [0.25, 0.3) is 5.91 Å². The lowest BCUT2D eigenvalue weighted by Crippen LogP contribution is -2.47. The zero-order valence-corrected chi connectivity index (χ0v) is 16.2. The number of anilines is 2. The highest BCUT2D eigenvalue weighted by molar-refractivity contribution is 5.93. The molecule has 1 unspecified atom stereocenters. The summed E-state index contributed by atoms with van der Waals surface area (Å²) in [4.78, 5) is 30.3. The van der Waals surface area contributed by atoms with Crippen molar-refractivity contribution < 1.29 is 9.53 Å². The van der Waals surface area contributed by atoms with Gasteiger partial charge in [-0.2, -0.15) is 0 Å². The van der Waals surface area contributed by atoms with Crippen molar-refractivity contribution in [3.05, 3.63) is 42.0 Å². The molecule has 0 saturated carbocycles. The van der Waals surface area contributed by atoms with Gasteiger partial charge in [0, 0.05) is 51.6 Å². The molecule has 148 valence electrons. The Labute approximate surface area is 164 Å². The van der Waals surface area contributed by atoms with E-state index in [0.29, 0.717) is 18.1 Å². The third kappa shape index (κ3) is 4.39. The maximum atomic E-state index is 12.5. The molecule has 2 saturated heterocycles. The molecule has 0 aromatic carbocycles. The van der Waals surface area contributed by atoms with E-state index in [0.717, 1.165) is 57.3 Å². The number of amides is 1. The van der Waals surface area contributed by atoms with E-state index in [2.05, 4.69) is 30.1 Å². The number of ether oxygens (including phenoxy) is 1. The summed E-state index contributed by atoms with van der Waals surface area (Å²) in [6.45, 7) is 6.50. The predicted octanol–water partition coefficient (Wildman–Crippen LogP) is 1.42. The van der Waals surface area contributed by atoms with Gasteiger partial charge in [-0.3, -0.25) is 4.79 Å². The van der Waals surface area contributed by atoms with Crippen molar-refractivity contribution in [2.24, 2.45) is 0 Å². The van der Waals surface area contributed by atoms with Gasteiger partial charge >= 0.3 is 0 Å². The van der Waals surface area contributed by atoms with Crippen LogP contribution in [0.15, 0.2) is 30.5 Å². The molecule has 4 rings (SSSR count). The van der Waals surface area contributed by atoms with E-state index in [1.54, 1.807) is 6.07 Å². The first-order chi connectivity index (χ1) is 13.7. The maximum Gasteiger partial charge on any atom is 0.270 e. The highest BCUT2D eigenvalue weighted by Crippen LogP contribution is 2.18. The minimum Gasteiger partial charge on any atom is -0.376 e. The van der Waals surface area contributed by atoms with Gasteiger partial charge in [-0.15, -0.1) is 0 Å². The van der Waals surface area contributed by atoms with Crippen LogP contribution in [0, 0.1) is 6.92 Å². The summed E-state index contributed by atoms with van der Waals surface area (Å²) in [5.41, 5.74) is 0.410. The first-order valence-electron chi connectivity index (χ1n) is 9.85. The summed E-state index contributed by atoms with van der Waals surface area (Å²) in [6.07, 6.45) is 3.99. The Balaban J connectivity index is 1.39. The Morgan fingerprint density at radius 1 is 1.18 bits per heavy atom. The molecule has 2 aromatic heterocycles. The molecule has 1 N–H and O–H groups in total. The molecule has 8 nitrogen and oxygen atoms in total. The molecule has 0 bridgehead atoms. The Hall–Kier alpha value is -2.74. The first kappa shape index (κ1) is 18.6. The van der Waals surface area contributed by atoms with Crippen LogP contribution < -0.4 is 15.1 Å². The fourth-order valence-corrected chi connectivity index (χ4v) is 3.64. The van der Waals surface area contributed by atoms with Crippen LogP contribution in [-0.4, -0.2) is 66.3 Å². The van der Waals surface area contributed by atoms with E-state index in [-0.39, 0.29) is 12.0 Å². The van der Waals surface area contributed by atoms with Crippen LogP contribution in [0.25, 0.3) is 0 Å². The molecule has 0 radical (unpaired) electrons. The van der Waals surface area contributed by atoms with Crippen LogP contribution in [0.3, 0.4) is 0 Å². The molecule has 1 atom stereocenters. The summed E-state index contributed by atoms with van der Waals surface area (Å²) < 4.78 is 5.56. The Kier molecular flexibility index (Phi) is 5.66. The second kappa shape index (κ2) is 8.52. The lowest BCUT2D eigenvalue weighted by molar-refractivity contribution is 0.0853. The number of nitrogens with one attached hydrogen (secondary N) is 1. The van der Waals surface area contributed by atoms with Crippen molar-refractivity contribution in [2.75, 3.05) is 49.1 Å². The minimum atomic E-state index is -0.172.